The summed E-state index contributed by atoms with van der Waals surface area (Å²) >= 11 is 1.51. The maximum absolute atomic E-state index is 14.4. The molecule has 5 nitrogen and oxygen atoms in total. The summed E-state index contributed by atoms with van der Waals surface area (Å²) in [6, 6.07) is 23.6. The molecule has 30 heavy (non-hydrogen) atoms. The molecule has 2 N–H and O–H groups in total. The Hall–Kier alpha value is -3.45. The second kappa shape index (κ2) is 8.92. The van der Waals surface area contributed by atoms with Crippen LogP contribution in [0.5, 0.6) is 0 Å². The Morgan fingerprint density at radius 1 is 0.900 bits per heavy atom. The molecule has 0 saturated carbocycles. The van der Waals surface area contributed by atoms with E-state index in [1.54, 1.807) is 30.3 Å². The van der Waals surface area contributed by atoms with Gasteiger partial charge in [-0.1, -0.05) is 66.4 Å². The van der Waals surface area contributed by atoms with Crippen molar-refractivity contribution >= 4 is 17.7 Å². The summed E-state index contributed by atoms with van der Waals surface area (Å²) in [5, 5.41) is 9.30. The number of amides is 1. The maximum Gasteiger partial charge on any atom is 0.248 e. The SMILES string of the molecule is NC(=O)c1ccc(CSc2nnc(-c3ccccc3F)n2Cc2ccccc2)cc1. The Bertz CT molecular complexity index is 1160. The van der Waals surface area contributed by atoms with Crippen LogP contribution >= 0.6 is 11.8 Å². The lowest BCUT2D eigenvalue weighted by molar-refractivity contribution is 0.100. The number of rotatable bonds is 7. The van der Waals surface area contributed by atoms with E-state index in [0.717, 1.165) is 11.1 Å². The summed E-state index contributed by atoms with van der Waals surface area (Å²) in [7, 11) is 0. The first-order valence-electron chi connectivity index (χ1n) is 9.35. The third-order valence-corrected chi connectivity index (χ3v) is 5.66. The zero-order chi connectivity index (χ0) is 20.9. The van der Waals surface area contributed by atoms with E-state index >= 15 is 0 Å². The van der Waals surface area contributed by atoms with Gasteiger partial charge in [-0.25, -0.2) is 4.39 Å². The van der Waals surface area contributed by atoms with Gasteiger partial charge in [0.2, 0.25) is 5.91 Å². The second-order valence-corrected chi connectivity index (χ2v) is 7.65. The van der Waals surface area contributed by atoms with Gasteiger partial charge < -0.3 is 5.73 Å². The van der Waals surface area contributed by atoms with Gasteiger partial charge in [-0.3, -0.25) is 9.36 Å². The molecule has 1 heterocycles. The fourth-order valence-corrected chi connectivity index (χ4v) is 3.95. The summed E-state index contributed by atoms with van der Waals surface area (Å²) in [5.74, 6) is 0.330. The zero-order valence-corrected chi connectivity index (χ0v) is 16.8. The molecule has 0 radical (unpaired) electrons. The summed E-state index contributed by atoms with van der Waals surface area (Å²) in [4.78, 5) is 11.2. The highest BCUT2D eigenvalue weighted by Gasteiger charge is 2.17. The predicted molar refractivity (Wildman–Crippen MR) is 115 cm³/mol. The highest BCUT2D eigenvalue weighted by atomic mass is 32.2. The molecular formula is C23H19FN4OS. The fourth-order valence-electron chi connectivity index (χ4n) is 3.06. The lowest BCUT2D eigenvalue weighted by Crippen LogP contribution is -2.10. The molecular weight excluding hydrogens is 399 g/mol. The summed E-state index contributed by atoms with van der Waals surface area (Å²) in [6.45, 7) is 0.528. The molecule has 7 heteroatoms. The monoisotopic (exact) mass is 418 g/mol. The first-order valence-corrected chi connectivity index (χ1v) is 10.3. The van der Waals surface area contributed by atoms with E-state index in [4.69, 9.17) is 5.73 Å². The molecule has 0 aliphatic heterocycles. The smallest absolute Gasteiger partial charge is 0.248 e. The van der Waals surface area contributed by atoms with E-state index in [-0.39, 0.29) is 5.82 Å². The number of nitrogens with two attached hydrogens (primary N) is 1. The largest absolute Gasteiger partial charge is 0.366 e. The summed E-state index contributed by atoms with van der Waals surface area (Å²) in [5.41, 5.74) is 8.27. The second-order valence-electron chi connectivity index (χ2n) is 6.71. The van der Waals surface area contributed by atoms with Crippen molar-refractivity contribution in [2.45, 2.75) is 17.5 Å². The van der Waals surface area contributed by atoms with Gasteiger partial charge in [0.25, 0.3) is 0 Å². The van der Waals surface area contributed by atoms with Crippen LogP contribution in [0.4, 0.5) is 4.39 Å². The van der Waals surface area contributed by atoms with Crippen molar-refractivity contribution < 1.29 is 9.18 Å². The highest BCUT2D eigenvalue weighted by molar-refractivity contribution is 7.98. The molecule has 0 fully saturated rings. The molecule has 1 amide bonds. The van der Waals surface area contributed by atoms with Crippen molar-refractivity contribution in [1.29, 1.82) is 0 Å². The van der Waals surface area contributed by atoms with Gasteiger partial charge in [-0.15, -0.1) is 10.2 Å². The number of carbonyl (C=O) groups excluding carboxylic acids is 1. The van der Waals surface area contributed by atoms with E-state index in [1.807, 2.05) is 47.0 Å². The number of hydrogen-bond donors (Lipinski definition) is 1. The Kier molecular flexibility index (Phi) is 5.90. The van der Waals surface area contributed by atoms with Gasteiger partial charge in [0.05, 0.1) is 12.1 Å². The van der Waals surface area contributed by atoms with Crippen molar-refractivity contribution in [1.82, 2.24) is 14.8 Å². The number of primary amides is 1. The molecule has 4 rings (SSSR count). The van der Waals surface area contributed by atoms with Crippen LogP contribution in [0.25, 0.3) is 11.4 Å². The molecule has 150 valence electrons. The maximum atomic E-state index is 14.4. The van der Waals surface area contributed by atoms with Gasteiger partial charge in [0.1, 0.15) is 5.82 Å². The van der Waals surface area contributed by atoms with Crippen LogP contribution in [-0.4, -0.2) is 20.7 Å². The molecule has 0 atom stereocenters. The molecule has 0 aliphatic rings. The predicted octanol–water partition coefficient (Wildman–Crippen LogP) is 4.52. The van der Waals surface area contributed by atoms with Crippen LogP contribution in [0.2, 0.25) is 0 Å². The normalized spacial score (nSPS) is 10.8. The molecule has 0 aliphatic carbocycles. The summed E-state index contributed by atoms with van der Waals surface area (Å²) in [6.07, 6.45) is 0. The van der Waals surface area contributed by atoms with Crippen LogP contribution in [-0.2, 0) is 12.3 Å². The average Bonchev–Trinajstić information content (AvgIpc) is 3.15. The van der Waals surface area contributed by atoms with Crippen LogP contribution in [0.15, 0.2) is 84.0 Å². The lowest BCUT2D eigenvalue weighted by atomic mass is 10.1. The molecule has 0 spiro atoms. The third-order valence-electron chi connectivity index (χ3n) is 4.62. The fraction of sp³-hybridized carbons (Fsp3) is 0.0870. The Morgan fingerprint density at radius 2 is 1.60 bits per heavy atom. The first-order chi connectivity index (χ1) is 14.6. The minimum atomic E-state index is -0.452. The molecule has 1 aromatic heterocycles. The minimum absolute atomic E-state index is 0.335. The van der Waals surface area contributed by atoms with E-state index < -0.39 is 5.91 Å². The van der Waals surface area contributed by atoms with Gasteiger partial charge in [0.15, 0.2) is 11.0 Å². The van der Waals surface area contributed by atoms with E-state index in [9.17, 15) is 9.18 Å². The van der Waals surface area contributed by atoms with Crippen LogP contribution in [0.1, 0.15) is 21.5 Å². The molecule has 0 unspecified atom stereocenters. The van der Waals surface area contributed by atoms with Gasteiger partial charge in [0, 0.05) is 11.3 Å². The van der Waals surface area contributed by atoms with Gasteiger partial charge >= 0.3 is 0 Å². The number of halogens is 1. The number of benzene rings is 3. The molecule has 4 aromatic rings. The van der Waals surface area contributed by atoms with Crippen molar-refractivity contribution in [2.24, 2.45) is 5.73 Å². The molecule has 0 bridgehead atoms. The van der Waals surface area contributed by atoms with Crippen LogP contribution in [0, 0.1) is 5.82 Å². The van der Waals surface area contributed by atoms with Gasteiger partial charge in [-0.05, 0) is 35.4 Å². The van der Waals surface area contributed by atoms with Crippen molar-refractivity contribution in [3.05, 3.63) is 101 Å². The number of hydrogen-bond acceptors (Lipinski definition) is 4. The summed E-state index contributed by atoms with van der Waals surface area (Å²) < 4.78 is 16.4. The van der Waals surface area contributed by atoms with Crippen molar-refractivity contribution in [3.63, 3.8) is 0 Å². The lowest BCUT2D eigenvalue weighted by Gasteiger charge is -2.11. The van der Waals surface area contributed by atoms with Crippen LogP contribution < -0.4 is 5.73 Å². The Balaban J connectivity index is 1.63. The standard InChI is InChI=1S/C23H19FN4OS/c24-20-9-5-4-8-19(20)22-26-27-23(28(22)14-16-6-2-1-3-7-16)30-15-17-10-12-18(13-11-17)21(25)29/h1-13H,14-15H2,(H2,25,29). The quantitative estimate of drug-likeness (QED) is 0.448. The Labute approximate surface area is 177 Å². The number of carbonyl (C=O) groups is 1. The van der Waals surface area contributed by atoms with E-state index in [0.29, 0.717) is 34.4 Å². The number of thioether (sulfide) groups is 1. The molecule has 0 saturated heterocycles. The highest BCUT2D eigenvalue weighted by Crippen LogP contribution is 2.28. The first kappa shape index (κ1) is 19.8. The minimum Gasteiger partial charge on any atom is -0.366 e. The third kappa shape index (κ3) is 4.41. The van der Waals surface area contributed by atoms with Crippen molar-refractivity contribution in [2.75, 3.05) is 0 Å². The Morgan fingerprint density at radius 3 is 2.30 bits per heavy atom. The number of nitrogens with zero attached hydrogens (tertiary/aromatic N) is 3. The molecule has 3 aromatic carbocycles. The van der Waals surface area contributed by atoms with E-state index in [2.05, 4.69) is 10.2 Å². The number of aromatic nitrogens is 3. The van der Waals surface area contributed by atoms with Crippen LogP contribution in [0.3, 0.4) is 0 Å². The zero-order valence-electron chi connectivity index (χ0n) is 16.0. The topological polar surface area (TPSA) is 73.8 Å². The average molecular weight is 418 g/mol. The van der Waals surface area contributed by atoms with E-state index in [1.165, 1.54) is 17.8 Å². The van der Waals surface area contributed by atoms with Gasteiger partial charge in [-0.2, -0.15) is 0 Å². The van der Waals surface area contributed by atoms with Crippen molar-refractivity contribution in [3.8, 4) is 11.4 Å².